The normalized spacial score (nSPS) is 28.7. The van der Waals surface area contributed by atoms with Crippen LogP contribution in [0.1, 0.15) is 32.1 Å². The van der Waals surface area contributed by atoms with Crippen molar-refractivity contribution in [3.05, 3.63) is 0 Å². The van der Waals surface area contributed by atoms with E-state index in [1.54, 1.807) is 0 Å². The Morgan fingerprint density at radius 2 is 1.89 bits per heavy atom. The minimum absolute atomic E-state index is 0.211. The molecule has 2 N–H and O–H groups in total. The summed E-state index contributed by atoms with van der Waals surface area (Å²) in [5.74, 6) is 0. The molecule has 0 aromatic carbocycles. The van der Waals surface area contributed by atoms with Gasteiger partial charge in [0.1, 0.15) is 0 Å². The molecule has 4 heteroatoms. The van der Waals surface area contributed by atoms with Crippen molar-refractivity contribution in [2.45, 2.75) is 44.2 Å². The minimum atomic E-state index is -0.211. The molecule has 2 saturated heterocycles. The number of likely N-dealkylation sites (tertiary alicyclic amines) is 2. The Balaban J connectivity index is 1.56. The fraction of sp³-hybridized carbons (Fsp3) is 1.00. The highest BCUT2D eigenvalue weighted by Gasteiger charge is 2.19. The fourth-order valence-electron chi connectivity index (χ4n) is 3.15. The Morgan fingerprint density at radius 1 is 1.17 bits per heavy atom. The van der Waals surface area contributed by atoms with Gasteiger partial charge in [0, 0.05) is 25.7 Å². The number of aliphatic hydroxyl groups is 1. The second kappa shape index (κ2) is 7.43. The monoisotopic (exact) mass is 255 g/mol. The molecule has 2 unspecified atom stereocenters. The number of hydrogen-bond acceptors (Lipinski definition) is 4. The van der Waals surface area contributed by atoms with Gasteiger partial charge in [0.25, 0.3) is 0 Å². The third-order valence-electron chi connectivity index (χ3n) is 4.35. The Morgan fingerprint density at radius 3 is 2.61 bits per heavy atom. The highest BCUT2D eigenvalue weighted by Crippen LogP contribution is 2.14. The standard InChI is InChI=1S/C14H29N3O/c1-16-7-3-2-6-13(16)10-15-11-14(18)12-17-8-4-5-9-17/h13-15,18H,2-12H2,1H3. The van der Waals surface area contributed by atoms with Gasteiger partial charge < -0.3 is 20.2 Å². The molecule has 0 amide bonds. The van der Waals surface area contributed by atoms with Crippen LogP contribution in [-0.2, 0) is 0 Å². The van der Waals surface area contributed by atoms with Gasteiger partial charge in [-0.05, 0) is 52.4 Å². The van der Waals surface area contributed by atoms with E-state index in [9.17, 15) is 5.11 Å². The van der Waals surface area contributed by atoms with Crippen LogP contribution in [0.4, 0.5) is 0 Å². The van der Waals surface area contributed by atoms with Gasteiger partial charge in [0.15, 0.2) is 0 Å². The van der Waals surface area contributed by atoms with Crippen molar-refractivity contribution < 1.29 is 5.11 Å². The first kappa shape index (κ1) is 14.3. The second-order valence-electron chi connectivity index (χ2n) is 5.95. The Hall–Kier alpha value is -0.160. The Kier molecular flexibility index (Phi) is 5.89. The summed E-state index contributed by atoms with van der Waals surface area (Å²) in [7, 11) is 2.21. The zero-order chi connectivity index (χ0) is 12.8. The van der Waals surface area contributed by atoms with E-state index >= 15 is 0 Å². The van der Waals surface area contributed by atoms with E-state index in [-0.39, 0.29) is 6.10 Å². The zero-order valence-corrected chi connectivity index (χ0v) is 11.8. The van der Waals surface area contributed by atoms with Crippen molar-refractivity contribution in [1.82, 2.24) is 15.1 Å². The highest BCUT2D eigenvalue weighted by molar-refractivity contribution is 4.77. The zero-order valence-electron chi connectivity index (χ0n) is 11.8. The molecule has 0 aromatic rings. The van der Waals surface area contributed by atoms with Crippen molar-refractivity contribution in [3.8, 4) is 0 Å². The van der Waals surface area contributed by atoms with Crippen LogP contribution in [0, 0.1) is 0 Å². The lowest BCUT2D eigenvalue weighted by atomic mass is 10.0. The highest BCUT2D eigenvalue weighted by atomic mass is 16.3. The van der Waals surface area contributed by atoms with Crippen LogP contribution in [0.5, 0.6) is 0 Å². The third-order valence-corrected chi connectivity index (χ3v) is 4.35. The molecule has 2 fully saturated rings. The average Bonchev–Trinajstić information content (AvgIpc) is 2.84. The van der Waals surface area contributed by atoms with Gasteiger partial charge in [-0.2, -0.15) is 0 Å². The average molecular weight is 255 g/mol. The minimum Gasteiger partial charge on any atom is -0.390 e. The summed E-state index contributed by atoms with van der Waals surface area (Å²) in [6, 6.07) is 0.665. The number of nitrogens with zero attached hydrogens (tertiary/aromatic N) is 2. The SMILES string of the molecule is CN1CCCCC1CNCC(O)CN1CCCC1. The molecule has 0 aromatic heterocycles. The molecule has 2 rings (SSSR count). The molecule has 106 valence electrons. The van der Waals surface area contributed by atoms with E-state index in [1.165, 1.54) is 51.7 Å². The number of hydrogen-bond donors (Lipinski definition) is 2. The van der Waals surface area contributed by atoms with Crippen molar-refractivity contribution >= 4 is 0 Å². The summed E-state index contributed by atoms with van der Waals surface area (Å²) in [6.07, 6.45) is 6.38. The molecule has 0 bridgehead atoms. The fourth-order valence-corrected chi connectivity index (χ4v) is 3.15. The number of rotatable bonds is 6. The number of β-amino-alcohol motifs (C(OH)–C–C–N with tert-alkyl or cyclic N) is 1. The molecule has 0 radical (unpaired) electrons. The van der Waals surface area contributed by atoms with Gasteiger partial charge in [-0.3, -0.25) is 0 Å². The molecule has 4 nitrogen and oxygen atoms in total. The van der Waals surface area contributed by atoms with Crippen molar-refractivity contribution in [2.24, 2.45) is 0 Å². The Labute approximate surface area is 111 Å². The Bertz CT molecular complexity index is 231. The van der Waals surface area contributed by atoms with Crippen LogP contribution in [0.3, 0.4) is 0 Å². The van der Waals surface area contributed by atoms with E-state index in [1.807, 2.05) is 0 Å². The van der Waals surface area contributed by atoms with Crippen LogP contribution in [0.2, 0.25) is 0 Å². The molecule has 18 heavy (non-hydrogen) atoms. The van der Waals surface area contributed by atoms with Crippen molar-refractivity contribution in [2.75, 3.05) is 46.3 Å². The molecule has 2 aliphatic rings. The maximum absolute atomic E-state index is 9.99. The van der Waals surface area contributed by atoms with Gasteiger partial charge in [-0.1, -0.05) is 6.42 Å². The van der Waals surface area contributed by atoms with Crippen LogP contribution < -0.4 is 5.32 Å². The number of piperidine rings is 1. The van der Waals surface area contributed by atoms with Crippen molar-refractivity contribution in [3.63, 3.8) is 0 Å². The van der Waals surface area contributed by atoms with Gasteiger partial charge in [-0.15, -0.1) is 0 Å². The molecule has 2 heterocycles. The van der Waals surface area contributed by atoms with E-state index in [2.05, 4.69) is 22.2 Å². The largest absolute Gasteiger partial charge is 0.390 e. The summed E-state index contributed by atoms with van der Waals surface area (Å²) >= 11 is 0. The van der Waals surface area contributed by atoms with Crippen LogP contribution in [-0.4, -0.2) is 73.4 Å². The predicted octanol–water partition coefficient (Wildman–Crippen LogP) is 0.517. The van der Waals surface area contributed by atoms with Gasteiger partial charge in [0.2, 0.25) is 0 Å². The number of likely N-dealkylation sites (N-methyl/N-ethyl adjacent to an activating group) is 1. The van der Waals surface area contributed by atoms with E-state index in [4.69, 9.17) is 0 Å². The third kappa shape index (κ3) is 4.50. The lowest BCUT2D eigenvalue weighted by Gasteiger charge is -2.33. The first-order valence-corrected chi connectivity index (χ1v) is 7.57. The van der Waals surface area contributed by atoms with Gasteiger partial charge >= 0.3 is 0 Å². The van der Waals surface area contributed by atoms with Gasteiger partial charge in [0.05, 0.1) is 6.10 Å². The molecular weight excluding hydrogens is 226 g/mol. The topological polar surface area (TPSA) is 38.7 Å². The van der Waals surface area contributed by atoms with Crippen LogP contribution >= 0.6 is 0 Å². The number of aliphatic hydroxyl groups excluding tert-OH is 1. The molecule has 0 spiro atoms. The quantitative estimate of drug-likeness (QED) is 0.726. The summed E-state index contributed by atoms with van der Waals surface area (Å²) in [5, 5.41) is 13.4. The molecule has 0 saturated carbocycles. The predicted molar refractivity (Wildman–Crippen MR) is 74.8 cm³/mol. The maximum Gasteiger partial charge on any atom is 0.0791 e. The second-order valence-corrected chi connectivity index (χ2v) is 5.95. The van der Waals surface area contributed by atoms with E-state index in [0.29, 0.717) is 6.04 Å². The molecule has 2 aliphatic heterocycles. The van der Waals surface area contributed by atoms with Crippen molar-refractivity contribution in [1.29, 1.82) is 0 Å². The summed E-state index contributed by atoms with van der Waals surface area (Å²) in [6.45, 7) is 6.16. The number of nitrogens with one attached hydrogen (secondary N) is 1. The smallest absolute Gasteiger partial charge is 0.0791 e. The summed E-state index contributed by atoms with van der Waals surface area (Å²) < 4.78 is 0. The first-order chi connectivity index (χ1) is 8.75. The molecule has 2 atom stereocenters. The first-order valence-electron chi connectivity index (χ1n) is 7.57. The summed E-state index contributed by atoms with van der Waals surface area (Å²) in [4.78, 5) is 4.82. The van der Waals surface area contributed by atoms with Gasteiger partial charge in [-0.25, -0.2) is 0 Å². The summed E-state index contributed by atoms with van der Waals surface area (Å²) in [5.41, 5.74) is 0. The van der Waals surface area contributed by atoms with Crippen LogP contribution in [0.15, 0.2) is 0 Å². The molecule has 0 aliphatic carbocycles. The lowest BCUT2D eigenvalue weighted by Crippen LogP contribution is -2.45. The van der Waals surface area contributed by atoms with Crippen LogP contribution in [0.25, 0.3) is 0 Å². The molecular formula is C14H29N3O. The lowest BCUT2D eigenvalue weighted by molar-refractivity contribution is 0.117. The van der Waals surface area contributed by atoms with E-state index in [0.717, 1.165) is 19.6 Å². The van der Waals surface area contributed by atoms with E-state index < -0.39 is 0 Å². The maximum atomic E-state index is 9.99.